The number of nitrogens with zero attached hydrogens (tertiary/aromatic N) is 1. The summed E-state index contributed by atoms with van der Waals surface area (Å²) in [7, 11) is 0. The van der Waals surface area contributed by atoms with Crippen LogP contribution in [0.15, 0.2) is 29.0 Å². The summed E-state index contributed by atoms with van der Waals surface area (Å²) in [6, 6.07) is 7.12. The summed E-state index contributed by atoms with van der Waals surface area (Å²) in [5, 5.41) is 7.95. The molecule has 1 aliphatic carbocycles. The van der Waals surface area contributed by atoms with E-state index < -0.39 is 0 Å². The normalized spacial score (nSPS) is 15.1. The van der Waals surface area contributed by atoms with E-state index in [0.717, 1.165) is 36.6 Å². The zero-order chi connectivity index (χ0) is 13.8. The molecule has 1 N–H and O–H groups in total. The zero-order valence-electron chi connectivity index (χ0n) is 11.3. The van der Waals surface area contributed by atoms with Crippen LogP contribution in [0.3, 0.4) is 0 Å². The summed E-state index contributed by atoms with van der Waals surface area (Å²) in [5.74, 6) is 0. The molecule has 1 aliphatic rings. The molecule has 0 amide bonds. The van der Waals surface area contributed by atoms with Gasteiger partial charge in [-0.3, -0.25) is 4.90 Å². The molecule has 0 aliphatic heterocycles. The fourth-order valence-electron chi connectivity index (χ4n) is 2.33. The van der Waals surface area contributed by atoms with Crippen molar-refractivity contribution in [3.63, 3.8) is 0 Å². The Morgan fingerprint density at radius 3 is 2.85 bits per heavy atom. The topological polar surface area (TPSA) is 15.3 Å². The molecular weight excluding hydrogens is 308 g/mol. The third-order valence-electron chi connectivity index (χ3n) is 3.53. The van der Waals surface area contributed by atoms with Crippen LogP contribution < -0.4 is 5.32 Å². The van der Waals surface area contributed by atoms with Crippen LogP contribution in [-0.2, 0) is 13.1 Å². The smallest absolute Gasteiger partial charge is 0.0931 e. The predicted molar refractivity (Wildman–Crippen MR) is 88.8 cm³/mol. The highest BCUT2D eigenvalue weighted by Gasteiger charge is 2.28. The third kappa shape index (κ3) is 4.30. The van der Waals surface area contributed by atoms with Gasteiger partial charge in [-0.1, -0.05) is 11.6 Å². The lowest BCUT2D eigenvalue weighted by Gasteiger charge is -2.21. The predicted octanol–water partition coefficient (Wildman–Crippen LogP) is 4.22. The fraction of sp³-hybridized carbons (Fsp3) is 0.467. The van der Waals surface area contributed by atoms with Gasteiger partial charge in [0.2, 0.25) is 0 Å². The Labute approximate surface area is 133 Å². The molecule has 108 valence electrons. The lowest BCUT2D eigenvalue weighted by Crippen LogP contribution is -2.33. The molecule has 2 aromatic rings. The molecule has 0 atom stereocenters. The van der Waals surface area contributed by atoms with Crippen LogP contribution in [0.1, 0.15) is 23.3 Å². The maximum Gasteiger partial charge on any atom is 0.0931 e. The van der Waals surface area contributed by atoms with E-state index in [1.807, 2.05) is 6.07 Å². The molecule has 0 radical (unpaired) electrons. The Morgan fingerprint density at radius 1 is 1.30 bits per heavy atom. The maximum atomic E-state index is 5.94. The van der Waals surface area contributed by atoms with Crippen molar-refractivity contribution in [1.29, 1.82) is 0 Å². The quantitative estimate of drug-likeness (QED) is 0.731. The summed E-state index contributed by atoms with van der Waals surface area (Å²) in [6.07, 6.45) is 2.73. The number of hydrogen-bond donors (Lipinski definition) is 1. The lowest BCUT2D eigenvalue weighted by atomic mass is 10.3. The van der Waals surface area contributed by atoms with Crippen molar-refractivity contribution in [1.82, 2.24) is 10.2 Å². The Hall–Kier alpha value is -0.390. The second-order valence-electron chi connectivity index (χ2n) is 5.22. The number of thiophene rings is 2. The Morgan fingerprint density at radius 2 is 2.20 bits per heavy atom. The molecular formula is C15H19ClN2S2. The first kappa shape index (κ1) is 14.5. The van der Waals surface area contributed by atoms with Gasteiger partial charge >= 0.3 is 0 Å². The van der Waals surface area contributed by atoms with Gasteiger partial charge in [0.15, 0.2) is 0 Å². The molecule has 2 heterocycles. The molecule has 0 unspecified atom stereocenters. The number of halogens is 1. The van der Waals surface area contributed by atoms with Gasteiger partial charge in [-0.2, -0.15) is 11.3 Å². The van der Waals surface area contributed by atoms with Gasteiger partial charge < -0.3 is 5.32 Å². The van der Waals surface area contributed by atoms with Crippen molar-refractivity contribution in [2.75, 3.05) is 13.1 Å². The van der Waals surface area contributed by atoms with Crippen LogP contribution in [0.2, 0.25) is 4.34 Å². The first-order valence-corrected chi connectivity index (χ1v) is 9.15. The van der Waals surface area contributed by atoms with Crippen molar-refractivity contribution in [3.05, 3.63) is 43.7 Å². The van der Waals surface area contributed by atoms with Crippen LogP contribution >= 0.6 is 34.3 Å². The first-order chi connectivity index (χ1) is 9.81. The summed E-state index contributed by atoms with van der Waals surface area (Å²) < 4.78 is 0.874. The van der Waals surface area contributed by atoms with Gasteiger partial charge in [0, 0.05) is 37.1 Å². The highest BCUT2D eigenvalue weighted by Crippen LogP contribution is 2.28. The molecule has 0 saturated heterocycles. The van der Waals surface area contributed by atoms with E-state index in [1.165, 1.54) is 23.3 Å². The second kappa shape index (κ2) is 7.05. The SMILES string of the molecule is Clc1ccc(CNCCN(Cc2ccsc2)C2CC2)s1. The van der Waals surface area contributed by atoms with Crippen molar-refractivity contribution < 1.29 is 0 Å². The summed E-state index contributed by atoms with van der Waals surface area (Å²) in [6.45, 7) is 4.19. The van der Waals surface area contributed by atoms with Gasteiger partial charge in [0.05, 0.1) is 4.34 Å². The summed E-state index contributed by atoms with van der Waals surface area (Å²) >= 11 is 9.38. The minimum absolute atomic E-state index is 0.813. The van der Waals surface area contributed by atoms with Gasteiger partial charge in [0.1, 0.15) is 0 Å². The molecule has 2 aromatic heterocycles. The summed E-state index contributed by atoms with van der Waals surface area (Å²) in [4.78, 5) is 3.92. The number of nitrogens with one attached hydrogen (secondary N) is 1. The van der Waals surface area contributed by atoms with E-state index >= 15 is 0 Å². The second-order valence-corrected chi connectivity index (χ2v) is 7.80. The van der Waals surface area contributed by atoms with E-state index in [9.17, 15) is 0 Å². The molecule has 0 bridgehead atoms. The number of hydrogen-bond acceptors (Lipinski definition) is 4. The average Bonchev–Trinajstić information content (AvgIpc) is 3.00. The van der Waals surface area contributed by atoms with Crippen LogP contribution in [0.4, 0.5) is 0 Å². The van der Waals surface area contributed by atoms with Crippen LogP contribution in [0.5, 0.6) is 0 Å². The molecule has 5 heteroatoms. The van der Waals surface area contributed by atoms with E-state index in [4.69, 9.17) is 11.6 Å². The van der Waals surface area contributed by atoms with Crippen molar-refractivity contribution in [2.45, 2.75) is 32.0 Å². The molecule has 1 fully saturated rings. The van der Waals surface area contributed by atoms with E-state index in [-0.39, 0.29) is 0 Å². The molecule has 2 nitrogen and oxygen atoms in total. The van der Waals surface area contributed by atoms with Gasteiger partial charge in [-0.15, -0.1) is 11.3 Å². The van der Waals surface area contributed by atoms with Crippen LogP contribution in [0.25, 0.3) is 0 Å². The monoisotopic (exact) mass is 326 g/mol. The molecule has 0 aromatic carbocycles. The molecule has 1 saturated carbocycles. The van der Waals surface area contributed by atoms with E-state index in [2.05, 4.69) is 33.1 Å². The molecule has 3 rings (SSSR count). The minimum atomic E-state index is 0.813. The average molecular weight is 327 g/mol. The lowest BCUT2D eigenvalue weighted by molar-refractivity contribution is 0.254. The van der Waals surface area contributed by atoms with Crippen molar-refractivity contribution in [2.24, 2.45) is 0 Å². The van der Waals surface area contributed by atoms with Gasteiger partial charge in [-0.05, 0) is 47.4 Å². The third-order valence-corrected chi connectivity index (χ3v) is 5.50. The number of rotatable bonds is 8. The van der Waals surface area contributed by atoms with E-state index in [0.29, 0.717) is 0 Å². The maximum absolute atomic E-state index is 5.94. The first-order valence-electron chi connectivity index (χ1n) is 7.01. The van der Waals surface area contributed by atoms with Crippen LogP contribution in [0, 0.1) is 0 Å². The summed E-state index contributed by atoms with van der Waals surface area (Å²) in [5.41, 5.74) is 1.45. The Kier molecular flexibility index (Phi) is 5.13. The molecule has 0 spiro atoms. The highest BCUT2D eigenvalue weighted by molar-refractivity contribution is 7.16. The van der Waals surface area contributed by atoms with Crippen molar-refractivity contribution in [3.8, 4) is 0 Å². The molecule has 20 heavy (non-hydrogen) atoms. The van der Waals surface area contributed by atoms with Gasteiger partial charge in [-0.25, -0.2) is 0 Å². The Bertz CT molecular complexity index is 520. The van der Waals surface area contributed by atoms with E-state index in [1.54, 1.807) is 22.7 Å². The fourth-order valence-corrected chi connectivity index (χ4v) is 4.05. The largest absolute Gasteiger partial charge is 0.311 e. The van der Waals surface area contributed by atoms with Gasteiger partial charge in [0.25, 0.3) is 0 Å². The standard InChI is InChI=1S/C15H19ClN2S2/c16-15-4-3-14(20-15)9-17-6-7-18(13-1-2-13)10-12-5-8-19-11-12/h3-5,8,11,13,17H,1-2,6-7,9-10H2. The minimum Gasteiger partial charge on any atom is -0.311 e. The zero-order valence-corrected chi connectivity index (χ0v) is 13.7. The Balaban J connectivity index is 1.41. The van der Waals surface area contributed by atoms with Crippen molar-refractivity contribution >= 4 is 34.3 Å². The van der Waals surface area contributed by atoms with Crippen LogP contribution in [-0.4, -0.2) is 24.0 Å². The highest BCUT2D eigenvalue weighted by atomic mass is 35.5.